The molecule has 0 saturated heterocycles. The van der Waals surface area contributed by atoms with E-state index in [0.717, 1.165) is 32.1 Å². The minimum absolute atomic E-state index is 0.00997. The number of nitrogens with zero attached hydrogens (tertiary/aromatic N) is 2. The molecule has 1 saturated carbocycles. The normalized spacial score (nSPS) is 19.5. The molecule has 19 heavy (non-hydrogen) atoms. The molecule has 5 nitrogen and oxygen atoms in total. The predicted octanol–water partition coefficient (Wildman–Crippen LogP) is 2.29. The van der Waals surface area contributed by atoms with Crippen molar-refractivity contribution in [1.29, 1.82) is 0 Å². The average molecular weight is 326 g/mol. The first kappa shape index (κ1) is 15.1. The zero-order valence-corrected chi connectivity index (χ0v) is 13.0. The second-order valence-corrected chi connectivity index (χ2v) is 7.27. The zero-order chi connectivity index (χ0) is 14.1. The highest BCUT2D eigenvalue weighted by atomic mass is 35.5. The number of aromatic nitrogens is 2. The zero-order valence-electron chi connectivity index (χ0n) is 10.7. The van der Waals surface area contributed by atoms with Gasteiger partial charge in [0.05, 0.1) is 11.2 Å². The third-order valence-corrected chi connectivity index (χ3v) is 6.11. The second kappa shape index (κ2) is 5.60. The van der Waals surface area contributed by atoms with Crippen molar-refractivity contribution in [2.75, 3.05) is 5.88 Å². The number of sulfonamides is 1. The van der Waals surface area contributed by atoms with Crippen LogP contribution < -0.4 is 4.72 Å². The molecule has 1 aromatic rings. The summed E-state index contributed by atoms with van der Waals surface area (Å²) in [5, 5.41) is 3.97. The van der Waals surface area contributed by atoms with E-state index in [4.69, 9.17) is 23.2 Å². The van der Waals surface area contributed by atoms with Crippen molar-refractivity contribution >= 4 is 33.2 Å². The third kappa shape index (κ3) is 3.07. The number of nitrogens with one attached hydrogen (secondary N) is 1. The van der Waals surface area contributed by atoms with Crippen LogP contribution in [-0.2, 0) is 17.1 Å². The van der Waals surface area contributed by atoms with Gasteiger partial charge in [0.2, 0.25) is 0 Å². The van der Waals surface area contributed by atoms with E-state index in [1.54, 1.807) is 7.05 Å². The Balaban J connectivity index is 2.30. The Kier molecular flexibility index (Phi) is 4.45. The SMILES string of the molecule is Cn1ncc(Cl)c1S(=O)(=O)NC1(CCl)CCCCC1. The molecule has 0 aliphatic heterocycles. The van der Waals surface area contributed by atoms with Crippen LogP contribution in [0.3, 0.4) is 0 Å². The van der Waals surface area contributed by atoms with Gasteiger partial charge in [0.25, 0.3) is 10.0 Å². The molecule has 2 rings (SSSR count). The molecule has 0 radical (unpaired) electrons. The van der Waals surface area contributed by atoms with Crippen LogP contribution in [-0.4, -0.2) is 29.6 Å². The molecule has 1 fully saturated rings. The fourth-order valence-electron chi connectivity index (χ4n) is 2.53. The van der Waals surface area contributed by atoms with E-state index in [0.29, 0.717) is 0 Å². The van der Waals surface area contributed by atoms with Gasteiger partial charge in [0, 0.05) is 18.5 Å². The highest BCUT2D eigenvalue weighted by Crippen LogP contribution is 2.31. The summed E-state index contributed by atoms with van der Waals surface area (Å²) in [6, 6.07) is 0. The van der Waals surface area contributed by atoms with Crippen molar-refractivity contribution in [2.45, 2.75) is 42.7 Å². The summed E-state index contributed by atoms with van der Waals surface area (Å²) in [7, 11) is -2.16. The maximum atomic E-state index is 12.5. The molecule has 108 valence electrons. The van der Waals surface area contributed by atoms with Gasteiger partial charge in [-0.3, -0.25) is 4.68 Å². The first-order valence-electron chi connectivity index (χ1n) is 6.18. The summed E-state index contributed by atoms with van der Waals surface area (Å²) < 4.78 is 28.9. The molecule has 0 aromatic carbocycles. The summed E-state index contributed by atoms with van der Waals surface area (Å²) >= 11 is 11.9. The molecular formula is C11H17Cl2N3O2S. The Morgan fingerprint density at radius 3 is 2.53 bits per heavy atom. The lowest BCUT2D eigenvalue weighted by Gasteiger charge is -2.35. The van der Waals surface area contributed by atoms with Gasteiger partial charge >= 0.3 is 0 Å². The van der Waals surface area contributed by atoms with Gasteiger partial charge in [-0.15, -0.1) is 11.6 Å². The fraction of sp³-hybridized carbons (Fsp3) is 0.727. The molecule has 1 aromatic heterocycles. The van der Waals surface area contributed by atoms with Crippen LogP contribution in [0.15, 0.2) is 11.2 Å². The van der Waals surface area contributed by atoms with Gasteiger partial charge in [-0.05, 0) is 12.8 Å². The summed E-state index contributed by atoms with van der Waals surface area (Å²) in [4.78, 5) is 0. The molecule has 1 heterocycles. The summed E-state index contributed by atoms with van der Waals surface area (Å²) in [6.45, 7) is 0. The highest BCUT2D eigenvalue weighted by Gasteiger charge is 2.37. The number of halogens is 2. The second-order valence-electron chi connectivity index (χ2n) is 5.00. The van der Waals surface area contributed by atoms with Crippen LogP contribution in [0.1, 0.15) is 32.1 Å². The number of aryl methyl sites for hydroxylation is 1. The van der Waals surface area contributed by atoms with E-state index in [9.17, 15) is 8.42 Å². The molecule has 8 heteroatoms. The monoisotopic (exact) mass is 325 g/mol. The number of rotatable bonds is 4. The van der Waals surface area contributed by atoms with E-state index in [2.05, 4.69) is 9.82 Å². The smallest absolute Gasteiger partial charge is 0.255 e. The quantitative estimate of drug-likeness (QED) is 0.864. The van der Waals surface area contributed by atoms with Crippen molar-refractivity contribution in [3.63, 3.8) is 0 Å². The Morgan fingerprint density at radius 1 is 1.42 bits per heavy atom. The molecular weight excluding hydrogens is 309 g/mol. The van der Waals surface area contributed by atoms with E-state index in [1.165, 1.54) is 10.9 Å². The van der Waals surface area contributed by atoms with E-state index in [1.807, 2.05) is 0 Å². The Labute approximate surface area is 123 Å². The largest absolute Gasteiger partial charge is 0.259 e. The first-order chi connectivity index (χ1) is 8.90. The van der Waals surface area contributed by atoms with Crippen LogP contribution in [0.25, 0.3) is 0 Å². The summed E-state index contributed by atoms with van der Waals surface area (Å²) in [5.41, 5.74) is -0.563. The molecule has 1 aliphatic rings. The van der Waals surface area contributed by atoms with Gasteiger partial charge < -0.3 is 0 Å². The minimum Gasteiger partial charge on any atom is -0.255 e. The van der Waals surface area contributed by atoms with Crippen molar-refractivity contribution in [3.05, 3.63) is 11.2 Å². The van der Waals surface area contributed by atoms with Crippen LogP contribution in [0.5, 0.6) is 0 Å². The van der Waals surface area contributed by atoms with Crippen LogP contribution in [0, 0.1) is 0 Å². The standard InChI is InChI=1S/C11H17Cl2N3O2S/c1-16-10(9(13)7-14-16)19(17,18)15-11(8-12)5-3-2-4-6-11/h7,15H,2-6,8H2,1H3. The minimum atomic E-state index is -3.71. The highest BCUT2D eigenvalue weighted by molar-refractivity contribution is 7.89. The Hall–Kier alpha value is -0.300. The lowest BCUT2D eigenvalue weighted by atomic mass is 9.84. The summed E-state index contributed by atoms with van der Waals surface area (Å²) in [6.07, 6.45) is 5.91. The molecule has 1 aliphatic carbocycles. The van der Waals surface area contributed by atoms with Gasteiger partial charge in [-0.2, -0.15) is 5.10 Å². The average Bonchev–Trinajstić information content (AvgIpc) is 2.70. The molecule has 0 amide bonds. The van der Waals surface area contributed by atoms with Gasteiger partial charge in [-0.25, -0.2) is 13.1 Å². The number of alkyl halides is 1. The molecule has 0 spiro atoms. The van der Waals surface area contributed by atoms with Gasteiger partial charge in [0.1, 0.15) is 0 Å². The fourth-order valence-corrected chi connectivity index (χ4v) is 5.06. The Bertz CT molecular complexity index is 531. The van der Waals surface area contributed by atoms with Crippen LogP contribution in [0.2, 0.25) is 5.02 Å². The molecule has 0 atom stereocenters. The lowest BCUT2D eigenvalue weighted by Crippen LogP contribution is -2.51. The van der Waals surface area contributed by atoms with Crippen molar-refractivity contribution < 1.29 is 8.42 Å². The van der Waals surface area contributed by atoms with E-state index >= 15 is 0 Å². The summed E-state index contributed by atoms with van der Waals surface area (Å²) in [5.74, 6) is 0.266. The van der Waals surface area contributed by atoms with E-state index < -0.39 is 15.6 Å². The topological polar surface area (TPSA) is 64.0 Å². The Morgan fingerprint density at radius 2 is 2.05 bits per heavy atom. The third-order valence-electron chi connectivity index (χ3n) is 3.51. The molecule has 0 unspecified atom stereocenters. The molecule has 0 bridgehead atoms. The first-order valence-corrected chi connectivity index (χ1v) is 8.57. The van der Waals surface area contributed by atoms with E-state index in [-0.39, 0.29) is 15.9 Å². The van der Waals surface area contributed by atoms with Crippen LogP contribution >= 0.6 is 23.2 Å². The molecule has 1 N–H and O–H groups in total. The van der Waals surface area contributed by atoms with Gasteiger partial charge in [-0.1, -0.05) is 30.9 Å². The maximum Gasteiger partial charge on any atom is 0.259 e. The number of hydrogen-bond acceptors (Lipinski definition) is 3. The van der Waals surface area contributed by atoms with Crippen molar-refractivity contribution in [2.24, 2.45) is 7.05 Å². The van der Waals surface area contributed by atoms with Gasteiger partial charge in [0.15, 0.2) is 5.03 Å². The van der Waals surface area contributed by atoms with Crippen molar-refractivity contribution in [1.82, 2.24) is 14.5 Å². The predicted molar refractivity (Wildman–Crippen MR) is 75.1 cm³/mol. The van der Waals surface area contributed by atoms with Crippen LogP contribution in [0.4, 0.5) is 0 Å². The van der Waals surface area contributed by atoms with Crippen molar-refractivity contribution in [3.8, 4) is 0 Å². The number of hydrogen-bond donors (Lipinski definition) is 1. The lowest BCUT2D eigenvalue weighted by molar-refractivity contribution is 0.297. The maximum absolute atomic E-state index is 12.5.